The van der Waals surface area contributed by atoms with E-state index in [1.54, 1.807) is 26.2 Å². The Balaban J connectivity index is 2.46. The van der Waals surface area contributed by atoms with Crippen molar-refractivity contribution in [3.8, 4) is 23.0 Å². The van der Waals surface area contributed by atoms with Gasteiger partial charge in [0.15, 0.2) is 17.3 Å². The van der Waals surface area contributed by atoms with E-state index in [0.29, 0.717) is 28.4 Å². The van der Waals surface area contributed by atoms with Crippen LogP contribution < -0.4 is 23.8 Å². The molecule has 0 aliphatic heterocycles. The molecule has 0 radical (unpaired) electrons. The van der Waals surface area contributed by atoms with Gasteiger partial charge in [0, 0.05) is 14.1 Å². The summed E-state index contributed by atoms with van der Waals surface area (Å²) in [6.45, 7) is 1.78. The predicted octanol–water partition coefficient (Wildman–Crippen LogP) is 4.07. The number of rotatable bonds is 8. The molecule has 0 N–H and O–H groups in total. The number of ether oxygens (including phenoxy) is 4. The number of benzene rings is 2. The summed E-state index contributed by atoms with van der Waals surface area (Å²) in [4.78, 5) is 15.0. The lowest BCUT2D eigenvalue weighted by molar-refractivity contribution is 0.103. The molecule has 0 saturated heterocycles. The van der Waals surface area contributed by atoms with Gasteiger partial charge < -0.3 is 23.8 Å². The maximum Gasteiger partial charge on any atom is 0.204 e. The van der Waals surface area contributed by atoms with Crippen LogP contribution in [0.4, 0.5) is 5.69 Å². The third kappa shape index (κ3) is 4.22. The SMILES string of the molecule is COc1ccc(C=C(C)C(=O)c2ccc(OC)c(OC)c2OC)cc1N(C)C. The molecule has 2 aromatic carbocycles. The molecule has 0 spiro atoms. The van der Waals surface area contributed by atoms with Crippen LogP contribution in [0.2, 0.25) is 0 Å². The lowest BCUT2D eigenvalue weighted by Crippen LogP contribution is -2.10. The van der Waals surface area contributed by atoms with Gasteiger partial charge in [0.05, 0.1) is 39.7 Å². The lowest BCUT2D eigenvalue weighted by Gasteiger charge is -2.17. The molecular weight excluding hydrogens is 358 g/mol. The Bertz CT molecular complexity index is 887. The summed E-state index contributed by atoms with van der Waals surface area (Å²) < 4.78 is 21.5. The monoisotopic (exact) mass is 385 g/mol. The van der Waals surface area contributed by atoms with E-state index >= 15 is 0 Å². The lowest BCUT2D eigenvalue weighted by atomic mass is 10.0. The minimum atomic E-state index is -0.153. The summed E-state index contributed by atoms with van der Waals surface area (Å²) in [5.74, 6) is 1.86. The van der Waals surface area contributed by atoms with Gasteiger partial charge in [0.2, 0.25) is 5.75 Å². The van der Waals surface area contributed by atoms with Crippen molar-refractivity contribution >= 4 is 17.5 Å². The van der Waals surface area contributed by atoms with Gasteiger partial charge in [-0.05, 0) is 48.4 Å². The van der Waals surface area contributed by atoms with Crippen molar-refractivity contribution in [1.29, 1.82) is 0 Å². The van der Waals surface area contributed by atoms with E-state index < -0.39 is 0 Å². The minimum Gasteiger partial charge on any atom is -0.495 e. The van der Waals surface area contributed by atoms with Crippen LogP contribution in [0.1, 0.15) is 22.8 Å². The van der Waals surface area contributed by atoms with Crippen molar-refractivity contribution in [3.63, 3.8) is 0 Å². The van der Waals surface area contributed by atoms with Crippen LogP contribution in [0, 0.1) is 0 Å². The Morgan fingerprint density at radius 3 is 2.00 bits per heavy atom. The quantitative estimate of drug-likeness (QED) is 0.504. The van der Waals surface area contributed by atoms with Gasteiger partial charge in [0.25, 0.3) is 0 Å². The Kier molecular flexibility index (Phi) is 6.93. The predicted molar refractivity (Wildman–Crippen MR) is 111 cm³/mol. The second-order valence-electron chi connectivity index (χ2n) is 6.36. The van der Waals surface area contributed by atoms with Gasteiger partial charge >= 0.3 is 0 Å². The van der Waals surface area contributed by atoms with Crippen molar-refractivity contribution in [2.45, 2.75) is 6.92 Å². The number of hydrogen-bond donors (Lipinski definition) is 0. The van der Waals surface area contributed by atoms with Crippen LogP contribution in [0.25, 0.3) is 6.08 Å². The van der Waals surface area contributed by atoms with Crippen LogP contribution in [0.5, 0.6) is 23.0 Å². The molecule has 0 bridgehead atoms. The zero-order chi connectivity index (χ0) is 20.8. The highest BCUT2D eigenvalue weighted by Gasteiger charge is 2.21. The van der Waals surface area contributed by atoms with Crippen molar-refractivity contribution < 1.29 is 23.7 Å². The van der Waals surface area contributed by atoms with E-state index in [1.807, 2.05) is 43.3 Å². The first-order valence-corrected chi connectivity index (χ1v) is 8.75. The Morgan fingerprint density at radius 2 is 1.46 bits per heavy atom. The Hall–Kier alpha value is -3.15. The third-order valence-electron chi connectivity index (χ3n) is 4.37. The number of ketones is 1. The first-order valence-electron chi connectivity index (χ1n) is 8.75. The van der Waals surface area contributed by atoms with E-state index in [9.17, 15) is 4.79 Å². The van der Waals surface area contributed by atoms with E-state index in [-0.39, 0.29) is 5.78 Å². The second kappa shape index (κ2) is 9.17. The highest BCUT2D eigenvalue weighted by molar-refractivity contribution is 6.13. The van der Waals surface area contributed by atoms with Crippen molar-refractivity contribution in [2.75, 3.05) is 47.4 Å². The summed E-state index contributed by atoms with van der Waals surface area (Å²) in [7, 11) is 10.1. The largest absolute Gasteiger partial charge is 0.495 e. The van der Waals surface area contributed by atoms with Gasteiger partial charge in [-0.2, -0.15) is 0 Å². The number of nitrogens with zero attached hydrogens (tertiary/aromatic N) is 1. The highest BCUT2D eigenvalue weighted by Crippen LogP contribution is 2.40. The minimum absolute atomic E-state index is 0.153. The zero-order valence-electron chi connectivity index (χ0n) is 17.5. The molecular formula is C22H27NO5. The number of carbonyl (C=O) groups is 1. The number of carbonyl (C=O) groups excluding carboxylic acids is 1. The average Bonchev–Trinajstić information content (AvgIpc) is 2.71. The summed E-state index contributed by atoms with van der Waals surface area (Å²) in [6, 6.07) is 9.14. The maximum atomic E-state index is 13.1. The van der Waals surface area contributed by atoms with Crippen LogP contribution in [-0.2, 0) is 0 Å². The third-order valence-corrected chi connectivity index (χ3v) is 4.37. The second-order valence-corrected chi connectivity index (χ2v) is 6.36. The van der Waals surface area contributed by atoms with Crippen LogP contribution in [-0.4, -0.2) is 48.3 Å². The summed E-state index contributed by atoms with van der Waals surface area (Å²) in [6.07, 6.45) is 1.84. The fraction of sp³-hybridized carbons (Fsp3) is 0.318. The van der Waals surface area contributed by atoms with E-state index in [0.717, 1.165) is 17.0 Å². The molecule has 28 heavy (non-hydrogen) atoms. The van der Waals surface area contributed by atoms with Gasteiger partial charge in [-0.3, -0.25) is 4.79 Å². The number of allylic oxidation sites excluding steroid dienone is 1. The Labute approximate surface area is 166 Å². The topological polar surface area (TPSA) is 57.2 Å². The Morgan fingerprint density at radius 1 is 0.857 bits per heavy atom. The molecule has 0 unspecified atom stereocenters. The molecule has 0 atom stereocenters. The van der Waals surface area contributed by atoms with Crippen molar-refractivity contribution in [1.82, 2.24) is 0 Å². The molecule has 6 nitrogen and oxygen atoms in total. The first kappa shape index (κ1) is 21.2. The molecule has 0 heterocycles. The van der Waals surface area contributed by atoms with Crippen molar-refractivity contribution in [3.05, 3.63) is 47.0 Å². The summed E-state index contributed by atoms with van der Waals surface area (Å²) in [5, 5.41) is 0. The molecule has 6 heteroatoms. The van der Waals surface area contributed by atoms with E-state index in [2.05, 4.69) is 0 Å². The van der Waals surface area contributed by atoms with Crippen LogP contribution in [0.15, 0.2) is 35.9 Å². The average molecular weight is 385 g/mol. The molecule has 150 valence electrons. The molecule has 0 saturated carbocycles. The van der Waals surface area contributed by atoms with E-state index in [4.69, 9.17) is 18.9 Å². The smallest absolute Gasteiger partial charge is 0.204 e. The normalized spacial score (nSPS) is 11.0. The number of Topliss-reactive ketones (excluding diaryl/α,β-unsaturated/α-hetero) is 1. The maximum absolute atomic E-state index is 13.1. The molecule has 0 amide bonds. The van der Waals surface area contributed by atoms with Crippen LogP contribution in [0.3, 0.4) is 0 Å². The molecule has 0 aliphatic carbocycles. The number of methoxy groups -OCH3 is 4. The standard InChI is InChI=1S/C22H27NO5/c1-14(12-15-8-10-18(25-4)17(13-15)23(2)3)20(24)16-9-11-19(26-5)22(28-7)21(16)27-6/h8-13H,1-7H3. The fourth-order valence-electron chi connectivity index (χ4n) is 2.95. The summed E-state index contributed by atoms with van der Waals surface area (Å²) >= 11 is 0. The van der Waals surface area contributed by atoms with Gasteiger partial charge in [-0.25, -0.2) is 0 Å². The fourth-order valence-corrected chi connectivity index (χ4v) is 2.95. The number of anilines is 1. The van der Waals surface area contributed by atoms with Crippen molar-refractivity contribution in [2.24, 2.45) is 0 Å². The molecule has 2 rings (SSSR count). The van der Waals surface area contributed by atoms with E-state index in [1.165, 1.54) is 21.3 Å². The highest BCUT2D eigenvalue weighted by atomic mass is 16.5. The summed E-state index contributed by atoms with van der Waals surface area (Å²) in [5.41, 5.74) is 2.81. The molecule has 0 aromatic heterocycles. The first-order chi connectivity index (χ1) is 13.4. The van der Waals surface area contributed by atoms with Gasteiger partial charge in [0.1, 0.15) is 5.75 Å². The molecule has 2 aromatic rings. The molecule has 0 aliphatic rings. The zero-order valence-corrected chi connectivity index (χ0v) is 17.5. The van der Waals surface area contributed by atoms with Crippen LogP contribution >= 0.6 is 0 Å². The molecule has 0 fully saturated rings. The van der Waals surface area contributed by atoms with Gasteiger partial charge in [-0.1, -0.05) is 6.07 Å². The van der Waals surface area contributed by atoms with Gasteiger partial charge in [-0.15, -0.1) is 0 Å². The number of hydrogen-bond acceptors (Lipinski definition) is 6.